The Morgan fingerprint density at radius 3 is 2.72 bits per heavy atom. The smallest absolute Gasteiger partial charge is 0.359 e. The minimum absolute atomic E-state index is 0.0602. The van der Waals surface area contributed by atoms with E-state index in [9.17, 15) is 14.0 Å². The van der Waals surface area contributed by atoms with Gasteiger partial charge in [-0.25, -0.2) is 9.18 Å². The van der Waals surface area contributed by atoms with E-state index < -0.39 is 11.8 Å². The molecular formula is C17H21FN2O5. The lowest BCUT2D eigenvalue weighted by molar-refractivity contribution is -0.140. The summed E-state index contributed by atoms with van der Waals surface area (Å²) in [5.74, 6) is -1.39. The lowest BCUT2D eigenvalue weighted by Gasteiger charge is -2.03. The van der Waals surface area contributed by atoms with Gasteiger partial charge in [0.1, 0.15) is 5.82 Å². The topological polar surface area (TPSA) is 79.7 Å². The first-order valence-electron chi connectivity index (χ1n) is 7.95. The summed E-state index contributed by atoms with van der Waals surface area (Å²) in [6, 6.07) is 4.11. The second-order valence-electron chi connectivity index (χ2n) is 5.40. The molecule has 0 atom stereocenters. The van der Waals surface area contributed by atoms with Crippen molar-refractivity contribution in [2.24, 2.45) is 0 Å². The molecule has 0 aliphatic carbocycles. The number of ether oxygens (including phenoxy) is 3. The van der Waals surface area contributed by atoms with Gasteiger partial charge in [-0.15, -0.1) is 0 Å². The molecule has 0 aliphatic heterocycles. The maximum Gasteiger partial charge on any atom is 0.359 e. The van der Waals surface area contributed by atoms with E-state index in [1.165, 1.54) is 19.2 Å². The monoisotopic (exact) mass is 352 g/mol. The molecule has 1 aromatic carbocycles. The molecular weight excluding hydrogens is 331 g/mol. The Kier molecular flexibility index (Phi) is 6.88. The fourth-order valence-corrected chi connectivity index (χ4v) is 2.38. The average molecular weight is 352 g/mol. The summed E-state index contributed by atoms with van der Waals surface area (Å²) in [4.78, 5) is 23.4. The summed E-state index contributed by atoms with van der Waals surface area (Å²) in [6.07, 6.45) is 1.29. The van der Waals surface area contributed by atoms with Gasteiger partial charge in [0.2, 0.25) is 0 Å². The number of methoxy groups -OCH3 is 2. The number of carbonyl (C=O) groups is 2. The number of benzene rings is 1. The SMILES string of the molecule is COCCCOC(=O)c1nn(CCCC(=O)OC)c2ccc(F)cc12. The predicted molar refractivity (Wildman–Crippen MR) is 87.7 cm³/mol. The fraction of sp³-hybridized carbons (Fsp3) is 0.471. The number of halogens is 1. The van der Waals surface area contributed by atoms with Gasteiger partial charge in [-0.05, 0) is 24.6 Å². The Morgan fingerprint density at radius 1 is 1.20 bits per heavy atom. The van der Waals surface area contributed by atoms with E-state index >= 15 is 0 Å². The largest absolute Gasteiger partial charge is 0.469 e. The number of fused-ring (bicyclic) bond motifs is 1. The zero-order valence-electron chi connectivity index (χ0n) is 14.3. The zero-order chi connectivity index (χ0) is 18.2. The highest BCUT2D eigenvalue weighted by Gasteiger charge is 2.19. The molecule has 0 amide bonds. The molecule has 0 spiro atoms. The van der Waals surface area contributed by atoms with Crippen LogP contribution >= 0.6 is 0 Å². The van der Waals surface area contributed by atoms with Gasteiger partial charge in [0.25, 0.3) is 0 Å². The Bertz CT molecular complexity index is 744. The van der Waals surface area contributed by atoms with Crippen molar-refractivity contribution in [1.82, 2.24) is 9.78 Å². The number of aryl methyl sites for hydroxylation is 1. The number of rotatable bonds is 9. The van der Waals surface area contributed by atoms with E-state index in [2.05, 4.69) is 9.84 Å². The van der Waals surface area contributed by atoms with Crippen LogP contribution in [0, 0.1) is 5.82 Å². The highest BCUT2D eigenvalue weighted by atomic mass is 19.1. The van der Waals surface area contributed by atoms with Crippen LogP contribution in [0.4, 0.5) is 4.39 Å². The molecule has 25 heavy (non-hydrogen) atoms. The molecule has 136 valence electrons. The number of hydrogen-bond acceptors (Lipinski definition) is 6. The van der Waals surface area contributed by atoms with Crippen molar-refractivity contribution in [3.05, 3.63) is 29.7 Å². The number of carbonyl (C=O) groups excluding carboxylic acids is 2. The van der Waals surface area contributed by atoms with Gasteiger partial charge < -0.3 is 14.2 Å². The van der Waals surface area contributed by atoms with Crippen molar-refractivity contribution in [3.8, 4) is 0 Å². The maximum atomic E-state index is 13.6. The van der Waals surface area contributed by atoms with Gasteiger partial charge in [-0.2, -0.15) is 5.10 Å². The van der Waals surface area contributed by atoms with E-state index in [0.29, 0.717) is 36.9 Å². The van der Waals surface area contributed by atoms with Crippen LogP contribution in [0.1, 0.15) is 29.8 Å². The highest BCUT2D eigenvalue weighted by Crippen LogP contribution is 2.21. The average Bonchev–Trinajstić information content (AvgIpc) is 2.96. The Balaban J connectivity index is 2.17. The number of nitrogens with zero attached hydrogens (tertiary/aromatic N) is 2. The third-order valence-electron chi connectivity index (χ3n) is 3.61. The predicted octanol–water partition coefficient (Wildman–Crippen LogP) is 2.32. The Morgan fingerprint density at radius 2 is 2.00 bits per heavy atom. The summed E-state index contributed by atoms with van der Waals surface area (Å²) in [6.45, 7) is 1.07. The van der Waals surface area contributed by atoms with Crippen LogP contribution in [0.15, 0.2) is 18.2 Å². The van der Waals surface area contributed by atoms with Crippen LogP contribution in [0.3, 0.4) is 0 Å². The van der Waals surface area contributed by atoms with Crippen LogP contribution in [-0.4, -0.2) is 49.2 Å². The summed E-state index contributed by atoms with van der Waals surface area (Å²) in [7, 11) is 2.89. The van der Waals surface area contributed by atoms with Gasteiger partial charge in [0.05, 0.1) is 19.2 Å². The van der Waals surface area contributed by atoms with Gasteiger partial charge in [-0.1, -0.05) is 0 Å². The molecule has 1 aromatic heterocycles. The van der Waals surface area contributed by atoms with Crippen LogP contribution in [0.25, 0.3) is 10.9 Å². The first-order valence-corrected chi connectivity index (χ1v) is 7.95. The molecule has 1 heterocycles. The quantitative estimate of drug-likeness (QED) is 0.509. The molecule has 7 nitrogen and oxygen atoms in total. The molecule has 0 bridgehead atoms. The molecule has 0 N–H and O–H groups in total. The molecule has 2 aromatic rings. The van der Waals surface area contributed by atoms with Crippen molar-refractivity contribution in [3.63, 3.8) is 0 Å². The van der Waals surface area contributed by atoms with Crippen molar-refractivity contribution in [2.75, 3.05) is 27.4 Å². The van der Waals surface area contributed by atoms with Gasteiger partial charge >= 0.3 is 11.9 Å². The fourth-order valence-electron chi connectivity index (χ4n) is 2.38. The third-order valence-corrected chi connectivity index (χ3v) is 3.61. The lowest BCUT2D eigenvalue weighted by Crippen LogP contribution is -2.10. The van der Waals surface area contributed by atoms with Crippen molar-refractivity contribution in [1.29, 1.82) is 0 Å². The summed E-state index contributed by atoms with van der Waals surface area (Å²) in [5, 5.41) is 4.63. The van der Waals surface area contributed by atoms with E-state index in [-0.39, 0.29) is 24.7 Å². The maximum absolute atomic E-state index is 13.6. The van der Waals surface area contributed by atoms with Crippen LogP contribution in [0.2, 0.25) is 0 Å². The first kappa shape index (κ1) is 18.9. The standard InChI is InChI=1S/C17H21FN2O5/c1-23-9-4-10-25-17(22)16-13-11-12(18)6-7-14(13)20(19-16)8-3-5-15(21)24-2/h6-7,11H,3-5,8-10H2,1-2H3. The molecule has 0 radical (unpaired) electrons. The van der Waals surface area contributed by atoms with Crippen molar-refractivity contribution >= 4 is 22.8 Å². The molecule has 0 aliphatic rings. The Hall–Kier alpha value is -2.48. The van der Waals surface area contributed by atoms with Gasteiger partial charge in [0, 0.05) is 38.5 Å². The molecule has 0 fully saturated rings. The first-order chi connectivity index (χ1) is 12.1. The third kappa shape index (κ3) is 4.99. The number of hydrogen-bond donors (Lipinski definition) is 0. The van der Waals surface area contributed by atoms with E-state index in [1.54, 1.807) is 17.9 Å². The molecule has 8 heteroatoms. The van der Waals surface area contributed by atoms with Gasteiger partial charge in [-0.3, -0.25) is 9.48 Å². The van der Waals surface area contributed by atoms with E-state index in [0.717, 1.165) is 0 Å². The second kappa shape index (κ2) is 9.12. The van der Waals surface area contributed by atoms with Crippen molar-refractivity contribution < 1.29 is 28.2 Å². The number of esters is 2. The lowest BCUT2D eigenvalue weighted by atomic mass is 10.2. The van der Waals surface area contributed by atoms with Gasteiger partial charge in [0.15, 0.2) is 5.69 Å². The van der Waals surface area contributed by atoms with Crippen LogP contribution < -0.4 is 0 Å². The molecule has 0 saturated heterocycles. The summed E-state index contributed by atoms with van der Waals surface area (Å²) < 4.78 is 29.8. The Labute approximate surface area is 144 Å². The normalized spacial score (nSPS) is 10.8. The minimum Gasteiger partial charge on any atom is -0.469 e. The summed E-state index contributed by atoms with van der Waals surface area (Å²) in [5.41, 5.74) is 0.667. The second-order valence-corrected chi connectivity index (χ2v) is 5.40. The number of aromatic nitrogens is 2. The van der Waals surface area contributed by atoms with Crippen LogP contribution in [0.5, 0.6) is 0 Å². The molecule has 2 rings (SSSR count). The molecule has 0 saturated carbocycles. The summed E-state index contributed by atoms with van der Waals surface area (Å²) >= 11 is 0. The van der Waals surface area contributed by atoms with E-state index in [1.807, 2.05) is 0 Å². The van der Waals surface area contributed by atoms with E-state index in [4.69, 9.17) is 9.47 Å². The minimum atomic E-state index is -0.613. The highest BCUT2D eigenvalue weighted by molar-refractivity contribution is 6.02. The zero-order valence-corrected chi connectivity index (χ0v) is 14.3. The van der Waals surface area contributed by atoms with Crippen LogP contribution in [-0.2, 0) is 25.5 Å². The van der Waals surface area contributed by atoms with Crippen molar-refractivity contribution in [2.45, 2.75) is 25.8 Å². The molecule has 0 unspecified atom stereocenters.